The summed E-state index contributed by atoms with van der Waals surface area (Å²) in [6, 6.07) is 9.02. The zero-order chi connectivity index (χ0) is 14.3. The van der Waals surface area contributed by atoms with E-state index in [-0.39, 0.29) is 23.7 Å². The number of nitrogens with two attached hydrogens (primary N) is 1. The predicted octanol–water partition coefficient (Wildman–Crippen LogP) is 1.34. The van der Waals surface area contributed by atoms with E-state index in [4.69, 9.17) is 5.73 Å². The molecule has 0 aliphatic carbocycles. The van der Waals surface area contributed by atoms with Crippen molar-refractivity contribution in [2.75, 3.05) is 11.5 Å². The molecule has 0 amide bonds. The lowest BCUT2D eigenvalue weighted by molar-refractivity contribution is -0.120. The highest BCUT2D eigenvalue weighted by Crippen LogP contribution is 2.06. The van der Waals surface area contributed by atoms with E-state index in [1.165, 1.54) is 0 Å². The van der Waals surface area contributed by atoms with E-state index >= 15 is 0 Å². The van der Waals surface area contributed by atoms with Crippen LogP contribution in [-0.4, -0.2) is 31.7 Å². The molecule has 4 nitrogen and oxygen atoms in total. The van der Waals surface area contributed by atoms with Crippen LogP contribution in [-0.2, 0) is 21.1 Å². The van der Waals surface area contributed by atoms with Crippen LogP contribution in [0.5, 0.6) is 0 Å². The summed E-state index contributed by atoms with van der Waals surface area (Å²) in [7, 11) is -2.99. The molecule has 2 N–H and O–H groups in total. The second kappa shape index (κ2) is 7.40. The Kier molecular flexibility index (Phi) is 6.18. The highest BCUT2D eigenvalue weighted by molar-refractivity contribution is 7.91. The highest BCUT2D eigenvalue weighted by Gasteiger charge is 2.15. The number of benzene rings is 1. The normalized spacial score (nSPS) is 13.2. The minimum atomic E-state index is -2.99. The molecule has 0 radical (unpaired) electrons. The van der Waals surface area contributed by atoms with Crippen LogP contribution >= 0.6 is 0 Å². The summed E-state index contributed by atoms with van der Waals surface area (Å²) in [6.45, 7) is 1.61. The fourth-order valence-electron chi connectivity index (χ4n) is 1.78. The van der Waals surface area contributed by atoms with Gasteiger partial charge >= 0.3 is 0 Å². The number of sulfone groups is 1. The van der Waals surface area contributed by atoms with E-state index in [1.807, 2.05) is 30.3 Å². The van der Waals surface area contributed by atoms with Crippen LogP contribution in [0.15, 0.2) is 30.3 Å². The second-order valence-electron chi connectivity index (χ2n) is 4.60. The zero-order valence-electron chi connectivity index (χ0n) is 11.2. The highest BCUT2D eigenvalue weighted by atomic mass is 32.2. The Labute approximate surface area is 114 Å². The topological polar surface area (TPSA) is 77.2 Å². The molecular weight excluding hydrogens is 262 g/mol. The van der Waals surface area contributed by atoms with Gasteiger partial charge in [-0.15, -0.1) is 0 Å². The number of Topliss-reactive ketones (excluding diaryl/α,β-unsaturated/α-hetero) is 1. The third-order valence-corrected chi connectivity index (χ3v) is 4.82. The maximum atomic E-state index is 11.8. The molecule has 0 aliphatic heterocycles. The molecule has 1 aromatic rings. The van der Waals surface area contributed by atoms with Crippen molar-refractivity contribution in [3.8, 4) is 0 Å². The van der Waals surface area contributed by atoms with E-state index in [0.717, 1.165) is 5.56 Å². The van der Waals surface area contributed by atoms with Gasteiger partial charge in [-0.1, -0.05) is 37.3 Å². The largest absolute Gasteiger partial charge is 0.321 e. The predicted molar refractivity (Wildman–Crippen MR) is 76.7 cm³/mol. The monoisotopic (exact) mass is 283 g/mol. The van der Waals surface area contributed by atoms with Gasteiger partial charge in [0.2, 0.25) is 0 Å². The van der Waals surface area contributed by atoms with Crippen LogP contribution < -0.4 is 5.73 Å². The Morgan fingerprint density at radius 3 is 2.47 bits per heavy atom. The average Bonchev–Trinajstić information content (AvgIpc) is 2.39. The van der Waals surface area contributed by atoms with Crippen LogP contribution in [0.25, 0.3) is 0 Å². The van der Waals surface area contributed by atoms with Crippen molar-refractivity contribution >= 4 is 15.6 Å². The minimum absolute atomic E-state index is 0.0628. The van der Waals surface area contributed by atoms with Crippen LogP contribution in [0.1, 0.15) is 25.3 Å². The Morgan fingerprint density at radius 1 is 1.26 bits per heavy atom. The van der Waals surface area contributed by atoms with E-state index < -0.39 is 15.9 Å². The molecule has 0 fully saturated rings. The number of ketones is 1. The van der Waals surface area contributed by atoms with Crippen LogP contribution in [0.3, 0.4) is 0 Å². The molecule has 0 saturated heterocycles. The number of hydrogen-bond donors (Lipinski definition) is 1. The Balaban J connectivity index is 2.37. The summed E-state index contributed by atoms with van der Waals surface area (Å²) >= 11 is 0. The van der Waals surface area contributed by atoms with Gasteiger partial charge in [0, 0.05) is 12.2 Å². The molecular formula is C14H21NO3S. The van der Waals surface area contributed by atoms with Crippen molar-refractivity contribution in [1.82, 2.24) is 0 Å². The van der Waals surface area contributed by atoms with Crippen molar-refractivity contribution in [1.29, 1.82) is 0 Å². The van der Waals surface area contributed by atoms with Crippen LogP contribution in [0.2, 0.25) is 0 Å². The lowest BCUT2D eigenvalue weighted by atomic mass is 10.0. The number of carbonyl (C=O) groups excluding carboxylic acids is 1. The van der Waals surface area contributed by atoms with Crippen molar-refractivity contribution in [3.63, 3.8) is 0 Å². The van der Waals surface area contributed by atoms with E-state index in [1.54, 1.807) is 6.92 Å². The Hall–Kier alpha value is -1.20. The first-order chi connectivity index (χ1) is 8.94. The van der Waals surface area contributed by atoms with Gasteiger partial charge < -0.3 is 5.73 Å². The lowest BCUT2D eigenvalue weighted by Crippen LogP contribution is -2.32. The first kappa shape index (κ1) is 15.9. The first-order valence-electron chi connectivity index (χ1n) is 6.47. The summed E-state index contributed by atoms with van der Waals surface area (Å²) in [4.78, 5) is 11.8. The van der Waals surface area contributed by atoms with Gasteiger partial charge in [0.05, 0.1) is 11.8 Å². The van der Waals surface area contributed by atoms with Crippen LogP contribution in [0, 0.1) is 0 Å². The number of hydrogen-bond acceptors (Lipinski definition) is 4. The molecule has 1 atom stereocenters. The number of carbonyl (C=O) groups is 1. The molecule has 0 spiro atoms. The number of rotatable bonds is 8. The van der Waals surface area contributed by atoms with Gasteiger partial charge in [-0.25, -0.2) is 8.42 Å². The molecule has 0 aliphatic rings. The molecule has 0 bridgehead atoms. The van der Waals surface area contributed by atoms with Crippen molar-refractivity contribution in [2.24, 2.45) is 5.73 Å². The molecule has 19 heavy (non-hydrogen) atoms. The molecule has 0 heterocycles. The van der Waals surface area contributed by atoms with Gasteiger partial charge in [0.25, 0.3) is 0 Å². The summed E-state index contributed by atoms with van der Waals surface area (Å²) in [5.41, 5.74) is 6.85. The smallest absolute Gasteiger partial charge is 0.150 e. The van der Waals surface area contributed by atoms with Gasteiger partial charge in [-0.2, -0.15) is 0 Å². The maximum Gasteiger partial charge on any atom is 0.150 e. The third kappa shape index (κ3) is 5.98. The summed E-state index contributed by atoms with van der Waals surface area (Å²) in [5, 5.41) is 0. The van der Waals surface area contributed by atoms with E-state index in [9.17, 15) is 13.2 Å². The van der Waals surface area contributed by atoms with Gasteiger partial charge in [0.15, 0.2) is 0 Å². The van der Waals surface area contributed by atoms with Crippen molar-refractivity contribution in [2.45, 2.75) is 32.2 Å². The van der Waals surface area contributed by atoms with E-state index in [2.05, 4.69) is 0 Å². The Morgan fingerprint density at radius 2 is 1.89 bits per heavy atom. The van der Waals surface area contributed by atoms with Gasteiger partial charge in [0.1, 0.15) is 15.6 Å². The molecule has 1 unspecified atom stereocenters. The quantitative estimate of drug-likeness (QED) is 0.781. The maximum absolute atomic E-state index is 11.8. The van der Waals surface area contributed by atoms with Gasteiger partial charge in [-0.3, -0.25) is 4.79 Å². The fraction of sp³-hybridized carbons (Fsp3) is 0.500. The molecule has 5 heteroatoms. The van der Waals surface area contributed by atoms with Crippen LogP contribution in [0.4, 0.5) is 0 Å². The summed E-state index contributed by atoms with van der Waals surface area (Å²) in [5.74, 6) is 0.111. The molecule has 1 rings (SSSR count). The zero-order valence-corrected chi connectivity index (χ0v) is 12.0. The minimum Gasteiger partial charge on any atom is -0.321 e. The molecule has 0 saturated carbocycles. The van der Waals surface area contributed by atoms with E-state index in [0.29, 0.717) is 12.8 Å². The molecule has 1 aromatic carbocycles. The second-order valence-corrected chi connectivity index (χ2v) is 7.08. The first-order valence-corrected chi connectivity index (χ1v) is 8.29. The lowest BCUT2D eigenvalue weighted by Gasteiger charge is -2.10. The molecule has 0 aromatic heterocycles. The Bertz CT molecular complexity index is 497. The summed E-state index contributed by atoms with van der Waals surface area (Å²) in [6.07, 6.45) is 1.09. The van der Waals surface area contributed by atoms with Crippen molar-refractivity contribution in [3.05, 3.63) is 35.9 Å². The fourth-order valence-corrected chi connectivity index (χ4v) is 2.65. The SMILES string of the molecule is CCS(=O)(=O)CCCC(=O)C(N)Cc1ccccc1. The average molecular weight is 283 g/mol. The summed E-state index contributed by atoms with van der Waals surface area (Å²) < 4.78 is 22.6. The third-order valence-electron chi connectivity index (χ3n) is 3.03. The van der Waals surface area contributed by atoms with Gasteiger partial charge in [-0.05, 0) is 18.4 Å². The molecule has 106 valence electrons. The van der Waals surface area contributed by atoms with Crippen molar-refractivity contribution < 1.29 is 13.2 Å². The standard InChI is InChI=1S/C14H21NO3S/c1-2-19(17,18)10-6-9-14(16)13(15)11-12-7-4-3-5-8-12/h3-5,7-8,13H,2,6,9-11,15H2,1H3.